The van der Waals surface area contributed by atoms with E-state index in [-0.39, 0.29) is 11.8 Å². The van der Waals surface area contributed by atoms with E-state index in [9.17, 15) is 4.79 Å². The first-order valence-electron chi connectivity index (χ1n) is 8.20. The summed E-state index contributed by atoms with van der Waals surface area (Å²) >= 11 is 0. The Bertz CT molecular complexity index is 476. The molecule has 0 radical (unpaired) electrons. The van der Waals surface area contributed by atoms with Gasteiger partial charge in [0.15, 0.2) is 0 Å². The third-order valence-electron chi connectivity index (χ3n) is 4.53. The predicted molar refractivity (Wildman–Crippen MR) is 83.5 cm³/mol. The minimum Gasteiger partial charge on any atom is -0.381 e. The molecule has 1 N–H and O–H groups in total. The van der Waals surface area contributed by atoms with Crippen LogP contribution in [0, 0.1) is 11.8 Å². The molecule has 1 atom stereocenters. The zero-order valence-corrected chi connectivity index (χ0v) is 12.9. The smallest absolute Gasteiger partial charge is 0.225 e. The summed E-state index contributed by atoms with van der Waals surface area (Å²) in [7, 11) is 0. The van der Waals surface area contributed by atoms with Crippen molar-refractivity contribution < 1.29 is 9.53 Å². The Morgan fingerprint density at radius 1 is 1.27 bits per heavy atom. The third-order valence-corrected chi connectivity index (χ3v) is 4.53. The quantitative estimate of drug-likeness (QED) is 0.906. The van der Waals surface area contributed by atoms with Crippen molar-refractivity contribution in [3.8, 4) is 0 Å². The predicted octanol–water partition coefficient (Wildman–Crippen LogP) is 1.24. The third kappa shape index (κ3) is 3.94. The zero-order chi connectivity index (χ0) is 15.2. The summed E-state index contributed by atoms with van der Waals surface area (Å²) in [6.45, 7) is 4.06. The molecule has 6 nitrogen and oxygen atoms in total. The first kappa shape index (κ1) is 15.2. The van der Waals surface area contributed by atoms with Crippen molar-refractivity contribution in [3.63, 3.8) is 0 Å². The summed E-state index contributed by atoms with van der Waals surface area (Å²) in [4.78, 5) is 23.1. The van der Waals surface area contributed by atoms with Gasteiger partial charge in [-0.25, -0.2) is 9.97 Å². The van der Waals surface area contributed by atoms with Gasteiger partial charge in [0, 0.05) is 45.2 Å². The van der Waals surface area contributed by atoms with E-state index in [1.807, 2.05) is 6.07 Å². The Morgan fingerprint density at radius 2 is 2.05 bits per heavy atom. The molecular formula is C16H24N4O2. The molecule has 3 rings (SSSR count). The number of rotatable bonds is 4. The van der Waals surface area contributed by atoms with Gasteiger partial charge < -0.3 is 15.0 Å². The molecule has 1 aromatic rings. The lowest BCUT2D eigenvalue weighted by Gasteiger charge is -2.32. The van der Waals surface area contributed by atoms with Crippen molar-refractivity contribution in [1.82, 2.24) is 15.3 Å². The summed E-state index contributed by atoms with van der Waals surface area (Å²) in [5, 5.41) is 3.13. The van der Waals surface area contributed by atoms with Crippen molar-refractivity contribution >= 4 is 11.9 Å². The van der Waals surface area contributed by atoms with Crippen LogP contribution in [0.3, 0.4) is 0 Å². The van der Waals surface area contributed by atoms with E-state index in [1.54, 1.807) is 12.4 Å². The number of carbonyl (C=O) groups excluding carboxylic acids is 1. The SMILES string of the molecule is O=C(NCC1CCOCC1)C1CCCN(c2ncccn2)C1. The van der Waals surface area contributed by atoms with Gasteiger partial charge in [-0.2, -0.15) is 0 Å². The molecule has 0 aromatic carbocycles. The van der Waals surface area contributed by atoms with Crippen molar-refractivity contribution in [2.45, 2.75) is 25.7 Å². The van der Waals surface area contributed by atoms with Gasteiger partial charge >= 0.3 is 0 Å². The number of nitrogens with zero attached hydrogens (tertiary/aromatic N) is 3. The second-order valence-corrected chi connectivity index (χ2v) is 6.13. The summed E-state index contributed by atoms with van der Waals surface area (Å²) in [6, 6.07) is 1.81. The molecule has 2 aliphatic rings. The molecule has 3 heterocycles. The van der Waals surface area contributed by atoms with Gasteiger partial charge in [-0.1, -0.05) is 0 Å². The molecule has 0 saturated carbocycles. The number of nitrogens with one attached hydrogen (secondary N) is 1. The molecule has 2 aliphatic heterocycles. The number of hydrogen-bond acceptors (Lipinski definition) is 5. The van der Waals surface area contributed by atoms with Crippen LogP contribution in [0.15, 0.2) is 18.5 Å². The van der Waals surface area contributed by atoms with Gasteiger partial charge in [0.25, 0.3) is 0 Å². The topological polar surface area (TPSA) is 67.3 Å². The molecule has 2 saturated heterocycles. The van der Waals surface area contributed by atoms with Crippen LogP contribution in [0.1, 0.15) is 25.7 Å². The molecule has 0 bridgehead atoms. The number of aromatic nitrogens is 2. The van der Waals surface area contributed by atoms with Gasteiger partial charge in [-0.15, -0.1) is 0 Å². The van der Waals surface area contributed by atoms with Crippen molar-refractivity contribution in [2.24, 2.45) is 11.8 Å². The van der Waals surface area contributed by atoms with Crippen molar-refractivity contribution in [2.75, 3.05) is 37.7 Å². The largest absolute Gasteiger partial charge is 0.381 e. The highest BCUT2D eigenvalue weighted by Crippen LogP contribution is 2.20. The number of anilines is 1. The van der Waals surface area contributed by atoms with Crippen LogP contribution >= 0.6 is 0 Å². The second-order valence-electron chi connectivity index (χ2n) is 6.13. The Hall–Kier alpha value is -1.69. The Labute approximate surface area is 131 Å². The Balaban J connectivity index is 1.49. The zero-order valence-electron chi connectivity index (χ0n) is 12.9. The molecule has 2 fully saturated rings. The van der Waals surface area contributed by atoms with Crippen molar-refractivity contribution in [3.05, 3.63) is 18.5 Å². The molecule has 22 heavy (non-hydrogen) atoms. The molecule has 1 unspecified atom stereocenters. The number of ether oxygens (including phenoxy) is 1. The van der Waals surface area contributed by atoms with Crippen molar-refractivity contribution in [1.29, 1.82) is 0 Å². The molecule has 1 amide bonds. The van der Waals surface area contributed by atoms with E-state index in [1.165, 1.54) is 0 Å². The van der Waals surface area contributed by atoms with E-state index in [0.717, 1.165) is 57.9 Å². The van der Waals surface area contributed by atoms with Crippen LogP contribution in [-0.2, 0) is 9.53 Å². The highest BCUT2D eigenvalue weighted by atomic mass is 16.5. The average Bonchev–Trinajstić information content (AvgIpc) is 2.61. The van der Waals surface area contributed by atoms with E-state index in [2.05, 4.69) is 20.2 Å². The fourth-order valence-corrected chi connectivity index (χ4v) is 3.17. The van der Waals surface area contributed by atoms with E-state index in [0.29, 0.717) is 12.5 Å². The Kier molecular flexibility index (Phi) is 5.21. The highest BCUT2D eigenvalue weighted by Gasteiger charge is 2.27. The van der Waals surface area contributed by atoms with Gasteiger partial charge in [0.05, 0.1) is 5.92 Å². The molecule has 6 heteroatoms. The monoisotopic (exact) mass is 304 g/mol. The van der Waals surface area contributed by atoms with Gasteiger partial charge in [-0.05, 0) is 37.7 Å². The maximum absolute atomic E-state index is 12.4. The average molecular weight is 304 g/mol. The standard InChI is InChI=1S/C16H24N4O2/c21-15(19-11-13-4-9-22-10-5-13)14-3-1-8-20(12-14)16-17-6-2-7-18-16/h2,6-7,13-14H,1,3-5,8-12H2,(H,19,21). The molecule has 0 spiro atoms. The second kappa shape index (κ2) is 7.54. The van der Waals surface area contributed by atoms with Crippen LogP contribution in [-0.4, -0.2) is 48.7 Å². The minimum atomic E-state index is 0.0393. The maximum Gasteiger partial charge on any atom is 0.225 e. The summed E-state index contributed by atoms with van der Waals surface area (Å²) in [5.41, 5.74) is 0. The normalized spacial score (nSPS) is 23.3. The number of hydrogen-bond donors (Lipinski definition) is 1. The lowest BCUT2D eigenvalue weighted by molar-refractivity contribution is -0.125. The fourth-order valence-electron chi connectivity index (χ4n) is 3.17. The van der Waals surface area contributed by atoms with Crippen LogP contribution in [0.5, 0.6) is 0 Å². The number of piperidine rings is 1. The molecule has 0 aliphatic carbocycles. The van der Waals surface area contributed by atoms with Crippen LogP contribution in [0.25, 0.3) is 0 Å². The van der Waals surface area contributed by atoms with Crippen LogP contribution in [0.4, 0.5) is 5.95 Å². The minimum absolute atomic E-state index is 0.0393. The number of carbonyl (C=O) groups is 1. The lowest BCUT2D eigenvalue weighted by atomic mass is 9.96. The molecule has 120 valence electrons. The summed E-state index contributed by atoms with van der Waals surface area (Å²) < 4.78 is 5.35. The summed E-state index contributed by atoms with van der Waals surface area (Å²) in [6.07, 6.45) is 7.55. The molecular weight excluding hydrogens is 280 g/mol. The number of amides is 1. The van der Waals surface area contributed by atoms with E-state index >= 15 is 0 Å². The van der Waals surface area contributed by atoms with Gasteiger partial charge in [0.1, 0.15) is 0 Å². The van der Waals surface area contributed by atoms with Gasteiger partial charge in [-0.3, -0.25) is 4.79 Å². The summed E-state index contributed by atoms with van der Waals surface area (Å²) in [5.74, 6) is 1.50. The fraction of sp³-hybridized carbons (Fsp3) is 0.688. The highest BCUT2D eigenvalue weighted by molar-refractivity contribution is 5.79. The van der Waals surface area contributed by atoms with Crippen LogP contribution in [0.2, 0.25) is 0 Å². The Morgan fingerprint density at radius 3 is 2.82 bits per heavy atom. The first-order chi connectivity index (χ1) is 10.8. The molecule has 1 aromatic heterocycles. The maximum atomic E-state index is 12.4. The van der Waals surface area contributed by atoms with E-state index < -0.39 is 0 Å². The van der Waals surface area contributed by atoms with Gasteiger partial charge in [0.2, 0.25) is 11.9 Å². The first-order valence-corrected chi connectivity index (χ1v) is 8.20. The van der Waals surface area contributed by atoms with Crippen LogP contribution < -0.4 is 10.2 Å². The lowest BCUT2D eigenvalue weighted by Crippen LogP contribution is -2.45. The van der Waals surface area contributed by atoms with E-state index in [4.69, 9.17) is 4.74 Å².